The highest BCUT2D eigenvalue weighted by Crippen LogP contribution is 2.36. The number of alkyl halides is 3. The van der Waals surface area contributed by atoms with Gasteiger partial charge in [0.15, 0.2) is 0 Å². The van der Waals surface area contributed by atoms with Crippen molar-refractivity contribution in [3.63, 3.8) is 0 Å². The lowest BCUT2D eigenvalue weighted by molar-refractivity contribution is -0.137. The third-order valence-electron chi connectivity index (χ3n) is 2.81. The molecular formula is C13H14F3NOS. The molecule has 0 amide bonds. The zero-order valence-electron chi connectivity index (χ0n) is 10.6. The van der Waals surface area contributed by atoms with E-state index in [0.717, 1.165) is 29.5 Å². The maximum atomic E-state index is 12.6. The number of hydrogen-bond donors (Lipinski definition) is 0. The second-order valence-electron chi connectivity index (χ2n) is 4.08. The van der Waals surface area contributed by atoms with E-state index >= 15 is 0 Å². The van der Waals surface area contributed by atoms with Gasteiger partial charge in [-0.3, -0.25) is 0 Å². The van der Waals surface area contributed by atoms with E-state index in [4.69, 9.17) is 10.00 Å². The summed E-state index contributed by atoms with van der Waals surface area (Å²) in [4.78, 5) is 0. The van der Waals surface area contributed by atoms with Crippen LogP contribution in [0.3, 0.4) is 0 Å². The van der Waals surface area contributed by atoms with Gasteiger partial charge in [0.2, 0.25) is 0 Å². The molecule has 0 saturated carbocycles. The standard InChI is InChI=1S/C13H14F3NOS/c1-9(5-6-19-8-17)11-4-3-10(13(14,15)16)7-12(11)18-2/h3-4,7,9H,5-6H2,1-2H3. The van der Waals surface area contributed by atoms with E-state index in [0.29, 0.717) is 12.2 Å². The van der Waals surface area contributed by atoms with Crippen molar-refractivity contribution < 1.29 is 17.9 Å². The molecule has 1 rings (SSSR count). The first-order valence-corrected chi connectivity index (χ1v) is 6.64. The molecule has 104 valence electrons. The van der Waals surface area contributed by atoms with Gasteiger partial charge in [-0.1, -0.05) is 13.0 Å². The molecule has 0 bridgehead atoms. The number of thioether (sulfide) groups is 1. The monoisotopic (exact) mass is 289 g/mol. The van der Waals surface area contributed by atoms with Crippen LogP contribution in [0.4, 0.5) is 13.2 Å². The Kier molecular flexibility index (Phi) is 5.55. The molecule has 0 aliphatic heterocycles. The van der Waals surface area contributed by atoms with Crippen molar-refractivity contribution in [2.24, 2.45) is 0 Å². The summed E-state index contributed by atoms with van der Waals surface area (Å²) >= 11 is 1.14. The first-order chi connectivity index (χ1) is 8.90. The van der Waals surface area contributed by atoms with Crippen molar-refractivity contribution in [1.29, 1.82) is 5.26 Å². The number of thiocyanates is 1. The van der Waals surface area contributed by atoms with Crippen LogP contribution in [0.5, 0.6) is 5.75 Å². The molecule has 0 heterocycles. The van der Waals surface area contributed by atoms with Gasteiger partial charge in [-0.15, -0.1) is 0 Å². The van der Waals surface area contributed by atoms with Gasteiger partial charge in [0, 0.05) is 5.75 Å². The summed E-state index contributed by atoms with van der Waals surface area (Å²) in [6, 6.07) is 3.53. The van der Waals surface area contributed by atoms with E-state index in [9.17, 15) is 13.2 Å². The van der Waals surface area contributed by atoms with Gasteiger partial charge in [0.25, 0.3) is 0 Å². The second kappa shape index (κ2) is 6.71. The number of nitrogens with zero attached hydrogens (tertiary/aromatic N) is 1. The molecule has 6 heteroatoms. The molecule has 0 radical (unpaired) electrons. The highest BCUT2D eigenvalue weighted by atomic mass is 32.2. The van der Waals surface area contributed by atoms with Gasteiger partial charge in [-0.25, -0.2) is 0 Å². The Balaban J connectivity index is 2.93. The number of hydrogen-bond acceptors (Lipinski definition) is 3. The van der Waals surface area contributed by atoms with Gasteiger partial charge in [-0.2, -0.15) is 18.4 Å². The predicted molar refractivity (Wildman–Crippen MR) is 69.1 cm³/mol. The maximum absolute atomic E-state index is 12.6. The minimum atomic E-state index is -4.37. The van der Waals surface area contributed by atoms with E-state index < -0.39 is 11.7 Å². The molecule has 2 nitrogen and oxygen atoms in total. The molecule has 1 aromatic carbocycles. The molecule has 19 heavy (non-hydrogen) atoms. The van der Waals surface area contributed by atoms with E-state index in [2.05, 4.69) is 0 Å². The lowest BCUT2D eigenvalue weighted by Crippen LogP contribution is -2.07. The van der Waals surface area contributed by atoms with E-state index in [-0.39, 0.29) is 11.7 Å². The number of nitriles is 1. The van der Waals surface area contributed by atoms with Crippen LogP contribution in [0.15, 0.2) is 18.2 Å². The van der Waals surface area contributed by atoms with Gasteiger partial charge in [-0.05, 0) is 41.8 Å². The van der Waals surface area contributed by atoms with Crippen molar-refractivity contribution in [3.8, 4) is 11.2 Å². The average Bonchev–Trinajstić information content (AvgIpc) is 2.37. The third-order valence-corrected chi connectivity index (χ3v) is 3.38. The number of ether oxygens (including phenoxy) is 1. The van der Waals surface area contributed by atoms with Crippen LogP contribution in [-0.4, -0.2) is 12.9 Å². The summed E-state index contributed by atoms with van der Waals surface area (Å²) < 4.78 is 42.8. The minimum absolute atomic E-state index is 0.0399. The van der Waals surface area contributed by atoms with Crippen LogP contribution in [0.2, 0.25) is 0 Å². The Bertz CT molecular complexity index is 468. The first kappa shape index (κ1) is 15.7. The summed E-state index contributed by atoms with van der Waals surface area (Å²) in [5.74, 6) is 0.921. The zero-order valence-corrected chi connectivity index (χ0v) is 11.4. The van der Waals surface area contributed by atoms with Crippen molar-refractivity contribution in [2.45, 2.75) is 25.4 Å². The summed E-state index contributed by atoms with van der Waals surface area (Å²) in [6.07, 6.45) is -3.66. The van der Waals surface area contributed by atoms with Gasteiger partial charge >= 0.3 is 6.18 Å². The first-order valence-electron chi connectivity index (χ1n) is 5.66. The Morgan fingerprint density at radius 2 is 2.11 bits per heavy atom. The van der Waals surface area contributed by atoms with Crippen LogP contribution in [0, 0.1) is 10.7 Å². The lowest BCUT2D eigenvalue weighted by atomic mass is 9.96. The fraction of sp³-hybridized carbons (Fsp3) is 0.462. The molecule has 0 aromatic heterocycles. The molecule has 0 aliphatic carbocycles. The second-order valence-corrected chi connectivity index (χ2v) is 4.96. The molecule has 0 saturated heterocycles. The third kappa shape index (κ3) is 4.35. The fourth-order valence-electron chi connectivity index (χ4n) is 1.73. The summed E-state index contributed by atoms with van der Waals surface area (Å²) in [5.41, 5.74) is 0.0146. The highest BCUT2D eigenvalue weighted by molar-refractivity contribution is 8.03. The Morgan fingerprint density at radius 1 is 1.42 bits per heavy atom. The summed E-state index contributed by atoms with van der Waals surface area (Å²) in [7, 11) is 1.36. The lowest BCUT2D eigenvalue weighted by Gasteiger charge is -2.17. The number of benzene rings is 1. The molecule has 0 fully saturated rings. The molecular weight excluding hydrogens is 275 g/mol. The van der Waals surface area contributed by atoms with Gasteiger partial charge < -0.3 is 4.74 Å². The fourth-order valence-corrected chi connectivity index (χ4v) is 2.29. The summed E-state index contributed by atoms with van der Waals surface area (Å²) in [5, 5.41) is 10.4. The minimum Gasteiger partial charge on any atom is -0.496 e. The van der Waals surface area contributed by atoms with Crippen molar-refractivity contribution in [3.05, 3.63) is 29.3 Å². The molecule has 0 N–H and O–H groups in total. The maximum Gasteiger partial charge on any atom is 0.416 e. The molecule has 0 aliphatic rings. The smallest absolute Gasteiger partial charge is 0.416 e. The van der Waals surface area contributed by atoms with Crippen LogP contribution in [-0.2, 0) is 6.18 Å². The Hall–Kier alpha value is -1.35. The summed E-state index contributed by atoms with van der Waals surface area (Å²) in [6.45, 7) is 1.91. The Labute approximate surface area is 114 Å². The molecule has 1 atom stereocenters. The van der Waals surface area contributed by atoms with Crippen LogP contribution in [0.25, 0.3) is 0 Å². The van der Waals surface area contributed by atoms with Crippen LogP contribution in [0.1, 0.15) is 30.4 Å². The molecule has 1 aromatic rings. The van der Waals surface area contributed by atoms with Crippen molar-refractivity contribution in [2.75, 3.05) is 12.9 Å². The van der Waals surface area contributed by atoms with Gasteiger partial charge in [0.1, 0.15) is 11.2 Å². The number of halogens is 3. The van der Waals surface area contributed by atoms with E-state index in [1.807, 2.05) is 12.3 Å². The number of methoxy groups -OCH3 is 1. The number of rotatable bonds is 5. The van der Waals surface area contributed by atoms with Crippen molar-refractivity contribution in [1.82, 2.24) is 0 Å². The average molecular weight is 289 g/mol. The molecule has 0 spiro atoms. The zero-order chi connectivity index (χ0) is 14.5. The largest absolute Gasteiger partial charge is 0.496 e. The predicted octanol–water partition coefficient (Wildman–Crippen LogP) is 4.42. The van der Waals surface area contributed by atoms with Crippen LogP contribution >= 0.6 is 11.8 Å². The topological polar surface area (TPSA) is 33.0 Å². The Morgan fingerprint density at radius 3 is 2.63 bits per heavy atom. The van der Waals surface area contributed by atoms with Crippen molar-refractivity contribution >= 4 is 11.8 Å². The quantitative estimate of drug-likeness (QED) is 0.594. The SMILES string of the molecule is COc1cc(C(F)(F)F)ccc1C(C)CCSC#N. The van der Waals surface area contributed by atoms with Crippen LogP contribution < -0.4 is 4.74 Å². The highest BCUT2D eigenvalue weighted by Gasteiger charge is 2.31. The van der Waals surface area contributed by atoms with E-state index in [1.54, 1.807) is 0 Å². The van der Waals surface area contributed by atoms with Gasteiger partial charge in [0.05, 0.1) is 12.7 Å². The van der Waals surface area contributed by atoms with E-state index in [1.165, 1.54) is 13.2 Å². The molecule has 1 unspecified atom stereocenters. The normalized spacial score (nSPS) is 12.8.